The second kappa shape index (κ2) is 6.41. The number of carboxylic acid groups (broad SMARTS) is 1. The molecule has 0 spiro atoms. The molecule has 1 heterocycles. The van der Waals surface area contributed by atoms with E-state index in [2.05, 4.69) is 10.2 Å². The van der Waals surface area contributed by atoms with Gasteiger partial charge in [-0.1, -0.05) is 0 Å². The van der Waals surface area contributed by atoms with Crippen molar-refractivity contribution in [3.63, 3.8) is 0 Å². The van der Waals surface area contributed by atoms with Crippen LogP contribution in [0, 0.1) is 5.92 Å². The Bertz CT molecular complexity index is 348. The fourth-order valence-electron chi connectivity index (χ4n) is 3.84. The van der Waals surface area contributed by atoms with Crippen molar-refractivity contribution < 1.29 is 14.6 Å². The second-order valence-corrected chi connectivity index (χ2v) is 6.69. The summed E-state index contributed by atoms with van der Waals surface area (Å²) in [5.74, 6) is -0.0841. The lowest BCUT2D eigenvalue weighted by molar-refractivity contribution is -0.145. The zero-order valence-corrected chi connectivity index (χ0v) is 12.9. The molecular weight excluding hydrogens is 256 g/mol. The Hall–Kier alpha value is -0.650. The third kappa shape index (κ3) is 3.32. The Morgan fingerprint density at radius 1 is 1.50 bits per heavy atom. The maximum Gasteiger partial charge on any atom is 0.323 e. The topological polar surface area (TPSA) is 61.8 Å². The summed E-state index contributed by atoms with van der Waals surface area (Å²) in [6, 6.07) is 0.601. The summed E-state index contributed by atoms with van der Waals surface area (Å²) in [5, 5.41) is 12.9. The largest absolute Gasteiger partial charge is 0.480 e. The highest BCUT2D eigenvalue weighted by molar-refractivity contribution is 5.79. The number of hydrogen-bond donors (Lipinski definition) is 2. The summed E-state index contributed by atoms with van der Waals surface area (Å²) in [4.78, 5) is 14.2. The number of likely N-dealkylation sites (tertiary alicyclic amines) is 1. The lowest BCUT2D eigenvalue weighted by Crippen LogP contribution is -2.53. The quantitative estimate of drug-likeness (QED) is 0.770. The molecule has 116 valence electrons. The Morgan fingerprint density at radius 2 is 2.25 bits per heavy atom. The molecule has 0 aromatic carbocycles. The SMILES string of the molecule is COCC1CCN(C2CCC(NC(C)C)(C(=O)O)C2)C1. The molecule has 5 nitrogen and oxygen atoms in total. The number of carboxylic acids is 1. The standard InChI is InChI=1S/C15H28N2O3/c1-11(2)16-15(14(18)19)6-4-13(8-15)17-7-5-12(9-17)10-20-3/h11-13,16H,4-10H2,1-3H3,(H,18,19). The Balaban J connectivity index is 1.95. The molecule has 2 fully saturated rings. The first kappa shape index (κ1) is 15.7. The van der Waals surface area contributed by atoms with Crippen molar-refractivity contribution in [1.29, 1.82) is 0 Å². The monoisotopic (exact) mass is 284 g/mol. The minimum atomic E-state index is -0.724. The number of aliphatic carboxylic acids is 1. The Morgan fingerprint density at radius 3 is 2.85 bits per heavy atom. The molecule has 0 bridgehead atoms. The molecule has 1 saturated heterocycles. The highest BCUT2D eigenvalue weighted by Gasteiger charge is 2.48. The van der Waals surface area contributed by atoms with Crippen molar-refractivity contribution in [3.8, 4) is 0 Å². The zero-order valence-electron chi connectivity index (χ0n) is 12.9. The first-order valence-electron chi connectivity index (χ1n) is 7.71. The van der Waals surface area contributed by atoms with Crippen LogP contribution in [0.15, 0.2) is 0 Å². The molecule has 1 saturated carbocycles. The second-order valence-electron chi connectivity index (χ2n) is 6.69. The Labute approximate surface area is 121 Å². The molecule has 3 unspecified atom stereocenters. The molecule has 0 aromatic heterocycles. The van der Waals surface area contributed by atoms with Crippen molar-refractivity contribution in [3.05, 3.63) is 0 Å². The number of methoxy groups -OCH3 is 1. The molecule has 2 aliphatic rings. The smallest absolute Gasteiger partial charge is 0.323 e. The van der Waals surface area contributed by atoms with Crippen LogP contribution in [-0.2, 0) is 9.53 Å². The fourth-order valence-corrected chi connectivity index (χ4v) is 3.84. The van der Waals surface area contributed by atoms with Crippen LogP contribution in [0.4, 0.5) is 0 Å². The minimum Gasteiger partial charge on any atom is -0.480 e. The van der Waals surface area contributed by atoms with Crippen LogP contribution < -0.4 is 5.32 Å². The van der Waals surface area contributed by atoms with Gasteiger partial charge in [-0.3, -0.25) is 15.0 Å². The van der Waals surface area contributed by atoms with Gasteiger partial charge in [0, 0.05) is 25.7 Å². The first-order valence-corrected chi connectivity index (χ1v) is 7.71. The molecule has 5 heteroatoms. The average molecular weight is 284 g/mol. The van der Waals surface area contributed by atoms with Crippen LogP contribution in [0.5, 0.6) is 0 Å². The summed E-state index contributed by atoms with van der Waals surface area (Å²) in [5.41, 5.74) is -0.724. The molecule has 3 atom stereocenters. The van der Waals surface area contributed by atoms with Gasteiger partial charge in [0.1, 0.15) is 5.54 Å². The van der Waals surface area contributed by atoms with Crippen LogP contribution >= 0.6 is 0 Å². The lowest BCUT2D eigenvalue weighted by atomic mass is 9.96. The third-order valence-electron chi connectivity index (χ3n) is 4.70. The van der Waals surface area contributed by atoms with Gasteiger partial charge < -0.3 is 9.84 Å². The van der Waals surface area contributed by atoms with E-state index in [4.69, 9.17) is 4.74 Å². The highest BCUT2D eigenvalue weighted by atomic mass is 16.5. The van der Waals surface area contributed by atoms with Gasteiger partial charge in [-0.15, -0.1) is 0 Å². The predicted molar refractivity (Wildman–Crippen MR) is 77.8 cm³/mol. The summed E-state index contributed by atoms with van der Waals surface area (Å²) in [6.07, 6.45) is 3.60. The molecule has 1 aliphatic carbocycles. The van der Waals surface area contributed by atoms with Gasteiger partial charge in [0.25, 0.3) is 0 Å². The maximum atomic E-state index is 11.7. The molecule has 2 N–H and O–H groups in total. The first-order chi connectivity index (χ1) is 9.47. The number of carbonyl (C=O) groups is 1. The van der Waals surface area contributed by atoms with Gasteiger partial charge in [0.15, 0.2) is 0 Å². The van der Waals surface area contributed by atoms with E-state index in [1.807, 2.05) is 13.8 Å². The van der Waals surface area contributed by atoms with Gasteiger partial charge in [-0.05, 0) is 52.0 Å². The number of ether oxygens (including phenoxy) is 1. The van der Waals surface area contributed by atoms with Gasteiger partial charge in [-0.25, -0.2) is 0 Å². The Kier molecular flexibility index (Phi) is 5.04. The molecule has 0 aromatic rings. The number of rotatable bonds is 6. The lowest BCUT2D eigenvalue weighted by Gasteiger charge is -2.30. The van der Waals surface area contributed by atoms with Gasteiger partial charge in [0.2, 0.25) is 0 Å². The molecule has 20 heavy (non-hydrogen) atoms. The van der Waals surface area contributed by atoms with Crippen LogP contribution in [-0.4, -0.2) is 60.4 Å². The van der Waals surface area contributed by atoms with E-state index in [1.165, 1.54) is 6.42 Å². The van der Waals surface area contributed by atoms with E-state index in [1.54, 1.807) is 7.11 Å². The maximum absolute atomic E-state index is 11.7. The van der Waals surface area contributed by atoms with Crippen LogP contribution in [0.2, 0.25) is 0 Å². The minimum absolute atomic E-state index is 0.199. The predicted octanol–water partition coefficient (Wildman–Crippen LogP) is 1.33. The van der Waals surface area contributed by atoms with E-state index in [0.717, 1.165) is 39.0 Å². The number of hydrogen-bond acceptors (Lipinski definition) is 4. The van der Waals surface area contributed by atoms with Gasteiger partial charge in [-0.2, -0.15) is 0 Å². The van der Waals surface area contributed by atoms with Crippen molar-refractivity contribution in [2.24, 2.45) is 5.92 Å². The van der Waals surface area contributed by atoms with Crippen LogP contribution in [0.25, 0.3) is 0 Å². The summed E-state index contributed by atoms with van der Waals surface area (Å²) in [6.45, 7) is 6.98. The number of nitrogens with one attached hydrogen (secondary N) is 1. The molecule has 0 amide bonds. The van der Waals surface area contributed by atoms with E-state index >= 15 is 0 Å². The van der Waals surface area contributed by atoms with Gasteiger partial charge >= 0.3 is 5.97 Å². The van der Waals surface area contributed by atoms with Crippen molar-refractivity contribution >= 4 is 5.97 Å². The van der Waals surface area contributed by atoms with Crippen molar-refractivity contribution in [1.82, 2.24) is 10.2 Å². The van der Waals surface area contributed by atoms with Crippen molar-refractivity contribution in [2.45, 2.75) is 57.2 Å². The van der Waals surface area contributed by atoms with Crippen molar-refractivity contribution in [2.75, 3.05) is 26.8 Å². The normalized spacial score (nSPS) is 35.0. The number of nitrogens with zero attached hydrogens (tertiary/aromatic N) is 1. The van der Waals surface area contributed by atoms with E-state index in [9.17, 15) is 9.90 Å². The van der Waals surface area contributed by atoms with Crippen LogP contribution in [0.3, 0.4) is 0 Å². The third-order valence-corrected chi connectivity index (χ3v) is 4.70. The average Bonchev–Trinajstić information content (AvgIpc) is 2.96. The molecule has 2 rings (SSSR count). The van der Waals surface area contributed by atoms with E-state index in [0.29, 0.717) is 12.0 Å². The van der Waals surface area contributed by atoms with Gasteiger partial charge in [0.05, 0.1) is 6.61 Å². The highest BCUT2D eigenvalue weighted by Crippen LogP contribution is 2.36. The molecular formula is C15H28N2O3. The summed E-state index contributed by atoms with van der Waals surface area (Å²) in [7, 11) is 1.75. The van der Waals surface area contributed by atoms with E-state index in [-0.39, 0.29) is 6.04 Å². The summed E-state index contributed by atoms with van der Waals surface area (Å²) < 4.78 is 5.24. The van der Waals surface area contributed by atoms with E-state index < -0.39 is 11.5 Å². The molecule has 0 radical (unpaired) electrons. The summed E-state index contributed by atoms with van der Waals surface area (Å²) >= 11 is 0. The van der Waals surface area contributed by atoms with Crippen LogP contribution in [0.1, 0.15) is 39.5 Å². The zero-order chi connectivity index (χ0) is 14.8. The molecule has 1 aliphatic heterocycles. The fraction of sp³-hybridized carbons (Fsp3) is 0.933.